The molecule has 23 heavy (non-hydrogen) atoms. The van der Waals surface area contributed by atoms with Crippen molar-refractivity contribution in [3.05, 3.63) is 29.8 Å². The van der Waals surface area contributed by atoms with E-state index in [1.165, 1.54) is 4.80 Å². The third-order valence-corrected chi connectivity index (χ3v) is 2.86. The highest BCUT2D eigenvalue weighted by Crippen LogP contribution is 2.13. The molecule has 0 radical (unpaired) electrons. The summed E-state index contributed by atoms with van der Waals surface area (Å²) in [5.74, 6) is 1.05. The van der Waals surface area contributed by atoms with E-state index < -0.39 is 0 Å². The number of carbonyl (C=O) groups excluding carboxylic acids is 1. The molecule has 122 valence electrons. The molecule has 0 aliphatic heterocycles. The normalized spacial score (nSPS) is 10.4. The number of carbonyl (C=O) groups is 1. The molecule has 0 spiro atoms. The number of nitrogens with zero attached hydrogens (tertiary/aromatic N) is 4. The van der Waals surface area contributed by atoms with Crippen LogP contribution in [-0.2, 0) is 7.05 Å². The molecular weight excluding hydrogens is 316 g/mol. The maximum atomic E-state index is 12.1. The predicted octanol–water partition coefficient (Wildman–Crippen LogP) is 1.37. The number of aromatic nitrogens is 4. The summed E-state index contributed by atoms with van der Waals surface area (Å²) in [7, 11) is 1.63. The van der Waals surface area contributed by atoms with E-state index in [0.29, 0.717) is 18.1 Å². The third kappa shape index (κ3) is 5.29. The van der Waals surface area contributed by atoms with Gasteiger partial charge in [-0.1, -0.05) is 18.9 Å². The Labute approximate surface area is 139 Å². The molecular formula is C14H18N6O2S. The quantitative estimate of drug-likeness (QED) is 0.798. The molecule has 0 bridgehead atoms. The van der Waals surface area contributed by atoms with Gasteiger partial charge in [0.2, 0.25) is 0 Å². The fourth-order valence-corrected chi connectivity index (χ4v) is 1.79. The Balaban J connectivity index is 1.88. The Bertz CT molecular complexity index is 683. The Hall–Kier alpha value is -2.55. The fraction of sp³-hybridized carbons (Fsp3) is 0.357. The highest BCUT2D eigenvalue weighted by atomic mass is 32.1. The topological polar surface area (TPSA) is 94.0 Å². The van der Waals surface area contributed by atoms with E-state index in [-0.39, 0.29) is 17.0 Å². The van der Waals surface area contributed by atoms with Crippen LogP contribution in [0.5, 0.6) is 5.75 Å². The van der Waals surface area contributed by atoms with Gasteiger partial charge in [0.05, 0.1) is 13.7 Å². The highest BCUT2D eigenvalue weighted by Gasteiger charge is 2.10. The molecule has 2 N–H and O–H groups in total. The van der Waals surface area contributed by atoms with Crippen molar-refractivity contribution in [3.63, 3.8) is 0 Å². The minimum Gasteiger partial charge on any atom is -0.493 e. The minimum absolute atomic E-state index is 0.100. The van der Waals surface area contributed by atoms with E-state index in [9.17, 15) is 4.79 Å². The SMILES string of the molecule is CC(C)COc1ccc(C(=O)NC(=S)Nc2nnn(C)n2)cc1. The van der Waals surface area contributed by atoms with Crippen LogP contribution in [0.1, 0.15) is 24.2 Å². The molecule has 1 heterocycles. The molecule has 0 aliphatic carbocycles. The molecule has 2 aromatic rings. The van der Waals surface area contributed by atoms with E-state index in [1.54, 1.807) is 31.3 Å². The van der Waals surface area contributed by atoms with Crippen LogP contribution in [-0.4, -0.2) is 37.8 Å². The number of aryl methyl sites for hydroxylation is 1. The molecule has 8 nitrogen and oxygen atoms in total. The second kappa shape index (κ2) is 7.63. The van der Waals surface area contributed by atoms with E-state index in [0.717, 1.165) is 5.75 Å². The van der Waals surface area contributed by atoms with Crippen molar-refractivity contribution in [2.45, 2.75) is 13.8 Å². The van der Waals surface area contributed by atoms with Crippen molar-refractivity contribution in [3.8, 4) is 5.75 Å². The molecule has 1 amide bonds. The molecule has 1 aromatic carbocycles. The summed E-state index contributed by atoms with van der Waals surface area (Å²) in [5, 5.41) is 16.6. The van der Waals surface area contributed by atoms with E-state index >= 15 is 0 Å². The number of rotatable bonds is 5. The first-order valence-electron chi connectivity index (χ1n) is 7.03. The van der Waals surface area contributed by atoms with Gasteiger partial charge >= 0.3 is 0 Å². The summed E-state index contributed by atoms with van der Waals surface area (Å²) in [6.45, 7) is 4.77. The van der Waals surface area contributed by atoms with Crippen molar-refractivity contribution in [1.29, 1.82) is 0 Å². The molecule has 0 unspecified atom stereocenters. The summed E-state index contributed by atoms with van der Waals surface area (Å²) in [6.07, 6.45) is 0. The van der Waals surface area contributed by atoms with Crippen molar-refractivity contribution in [2.24, 2.45) is 13.0 Å². The molecule has 0 saturated carbocycles. The first kappa shape index (κ1) is 16.8. The summed E-state index contributed by atoms with van der Waals surface area (Å²) in [6, 6.07) is 6.85. The molecule has 0 aliphatic rings. The zero-order valence-electron chi connectivity index (χ0n) is 13.1. The maximum absolute atomic E-state index is 12.1. The minimum atomic E-state index is -0.332. The first-order valence-corrected chi connectivity index (χ1v) is 7.44. The van der Waals surface area contributed by atoms with Crippen LogP contribution in [0.4, 0.5) is 5.95 Å². The molecule has 9 heteroatoms. The number of hydrogen-bond donors (Lipinski definition) is 2. The van der Waals surface area contributed by atoms with Crippen LogP contribution in [0, 0.1) is 5.92 Å². The van der Waals surface area contributed by atoms with Crippen LogP contribution in [0.2, 0.25) is 0 Å². The van der Waals surface area contributed by atoms with Gasteiger partial charge in [0.1, 0.15) is 5.75 Å². The standard InChI is InChI=1S/C14H18N6O2S/c1-9(2)8-22-11-6-4-10(5-7-11)12(21)15-14(23)16-13-17-19-20(3)18-13/h4-7,9H,8H2,1-3H3,(H2,15,16,18,21,23). The smallest absolute Gasteiger partial charge is 0.269 e. The molecule has 1 aromatic heterocycles. The first-order chi connectivity index (χ1) is 10.9. The van der Waals surface area contributed by atoms with Gasteiger partial charge in [-0.15, -0.1) is 5.10 Å². The van der Waals surface area contributed by atoms with Gasteiger partial charge in [-0.2, -0.15) is 4.80 Å². The van der Waals surface area contributed by atoms with Gasteiger partial charge in [-0.25, -0.2) is 0 Å². The van der Waals surface area contributed by atoms with Crippen molar-refractivity contribution < 1.29 is 9.53 Å². The lowest BCUT2D eigenvalue weighted by Gasteiger charge is -2.10. The number of benzene rings is 1. The fourth-order valence-electron chi connectivity index (χ4n) is 1.61. The second-order valence-electron chi connectivity index (χ2n) is 5.24. The van der Waals surface area contributed by atoms with E-state index in [4.69, 9.17) is 17.0 Å². The predicted molar refractivity (Wildman–Crippen MR) is 89.3 cm³/mol. The lowest BCUT2D eigenvalue weighted by atomic mass is 10.2. The van der Waals surface area contributed by atoms with E-state index in [2.05, 4.69) is 39.9 Å². The van der Waals surface area contributed by atoms with Crippen LogP contribution < -0.4 is 15.4 Å². The number of nitrogens with one attached hydrogen (secondary N) is 2. The number of thiocarbonyl (C=S) groups is 1. The summed E-state index contributed by atoms with van der Waals surface area (Å²) in [4.78, 5) is 13.4. The highest BCUT2D eigenvalue weighted by molar-refractivity contribution is 7.80. The largest absolute Gasteiger partial charge is 0.493 e. The van der Waals surface area contributed by atoms with Crippen LogP contribution >= 0.6 is 12.2 Å². The number of tetrazole rings is 1. The lowest BCUT2D eigenvalue weighted by Crippen LogP contribution is -2.34. The summed E-state index contributed by atoms with van der Waals surface area (Å²) in [5.41, 5.74) is 0.471. The zero-order valence-corrected chi connectivity index (χ0v) is 13.9. The van der Waals surface area contributed by atoms with Gasteiger partial charge in [-0.05, 0) is 47.6 Å². The van der Waals surface area contributed by atoms with Gasteiger partial charge in [-0.3, -0.25) is 15.4 Å². The van der Waals surface area contributed by atoms with E-state index in [1.807, 2.05) is 0 Å². The molecule has 0 atom stereocenters. The number of ether oxygens (including phenoxy) is 1. The van der Waals surface area contributed by atoms with Gasteiger partial charge in [0.15, 0.2) is 5.11 Å². The number of anilines is 1. The van der Waals surface area contributed by atoms with Crippen LogP contribution in [0.15, 0.2) is 24.3 Å². The van der Waals surface area contributed by atoms with Gasteiger partial charge < -0.3 is 4.74 Å². The van der Waals surface area contributed by atoms with Crippen molar-refractivity contribution >= 4 is 29.2 Å². The third-order valence-electron chi connectivity index (χ3n) is 2.66. The number of amides is 1. The van der Waals surface area contributed by atoms with Crippen molar-refractivity contribution in [1.82, 2.24) is 25.5 Å². The van der Waals surface area contributed by atoms with Crippen LogP contribution in [0.25, 0.3) is 0 Å². The second-order valence-corrected chi connectivity index (χ2v) is 5.65. The summed E-state index contributed by atoms with van der Waals surface area (Å²) >= 11 is 5.03. The Kier molecular flexibility index (Phi) is 5.58. The number of hydrogen-bond acceptors (Lipinski definition) is 6. The average molecular weight is 334 g/mol. The Morgan fingerprint density at radius 1 is 1.35 bits per heavy atom. The molecule has 0 fully saturated rings. The Morgan fingerprint density at radius 2 is 2.04 bits per heavy atom. The Morgan fingerprint density at radius 3 is 2.61 bits per heavy atom. The van der Waals surface area contributed by atoms with Crippen LogP contribution in [0.3, 0.4) is 0 Å². The monoisotopic (exact) mass is 334 g/mol. The molecule has 2 rings (SSSR count). The van der Waals surface area contributed by atoms with Gasteiger partial charge in [0.25, 0.3) is 11.9 Å². The van der Waals surface area contributed by atoms with Gasteiger partial charge in [0, 0.05) is 5.56 Å². The molecule has 0 saturated heterocycles. The average Bonchev–Trinajstić information content (AvgIpc) is 2.90. The zero-order chi connectivity index (χ0) is 16.8. The maximum Gasteiger partial charge on any atom is 0.269 e. The lowest BCUT2D eigenvalue weighted by molar-refractivity contribution is 0.0977. The van der Waals surface area contributed by atoms with Crippen molar-refractivity contribution in [2.75, 3.05) is 11.9 Å². The summed E-state index contributed by atoms with van der Waals surface area (Å²) < 4.78 is 5.57.